The summed E-state index contributed by atoms with van der Waals surface area (Å²) in [5, 5.41) is 3.73. The lowest BCUT2D eigenvalue weighted by Crippen LogP contribution is -2.32. The van der Waals surface area contributed by atoms with Gasteiger partial charge in [0.05, 0.1) is 0 Å². The zero-order chi connectivity index (χ0) is 14.8. The average molecular weight is 276 g/mol. The average Bonchev–Trinajstić information content (AvgIpc) is 2.45. The minimum atomic E-state index is 0.631. The summed E-state index contributed by atoms with van der Waals surface area (Å²) in [5.41, 5.74) is 2.72. The van der Waals surface area contributed by atoms with Crippen molar-refractivity contribution >= 4 is 5.69 Å². The van der Waals surface area contributed by atoms with Crippen molar-refractivity contribution in [2.24, 2.45) is 0 Å². The number of nitrogens with zero attached hydrogens (tertiary/aromatic N) is 1. The lowest BCUT2D eigenvalue weighted by Gasteiger charge is -2.19. The molecular formula is C18H32N2. The molecule has 1 rings (SSSR count). The van der Waals surface area contributed by atoms with Crippen molar-refractivity contribution < 1.29 is 0 Å². The van der Waals surface area contributed by atoms with Crippen LogP contribution in [0.25, 0.3) is 0 Å². The number of hydrogen-bond acceptors (Lipinski definition) is 2. The summed E-state index contributed by atoms with van der Waals surface area (Å²) in [6, 6.07) is 9.62. The van der Waals surface area contributed by atoms with Gasteiger partial charge < -0.3 is 10.2 Å². The maximum atomic E-state index is 3.73. The number of benzene rings is 1. The quantitative estimate of drug-likeness (QED) is 0.643. The molecule has 1 unspecified atom stereocenters. The van der Waals surface area contributed by atoms with Crippen molar-refractivity contribution in [3.8, 4) is 0 Å². The normalized spacial score (nSPS) is 12.4. The third-order valence-corrected chi connectivity index (χ3v) is 3.80. The molecule has 20 heavy (non-hydrogen) atoms. The molecule has 0 saturated heterocycles. The Labute approximate surface area is 125 Å². The first-order chi connectivity index (χ1) is 9.67. The fraction of sp³-hybridized carbons (Fsp3) is 0.667. The minimum absolute atomic E-state index is 0.631. The van der Waals surface area contributed by atoms with Gasteiger partial charge in [0.2, 0.25) is 0 Å². The molecule has 1 aromatic rings. The second-order valence-electron chi connectivity index (χ2n) is 5.91. The molecule has 1 N–H and O–H groups in total. The van der Waals surface area contributed by atoms with Crippen LogP contribution in [-0.4, -0.2) is 26.7 Å². The molecule has 2 nitrogen and oxygen atoms in total. The Kier molecular flexibility index (Phi) is 8.36. The summed E-state index contributed by atoms with van der Waals surface area (Å²) in [6.07, 6.45) is 7.59. The monoisotopic (exact) mass is 276 g/mol. The molecule has 0 radical (unpaired) electrons. The summed E-state index contributed by atoms with van der Waals surface area (Å²) in [4.78, 5) is 2.15. The van der Waals surface area contributed by atoms with Gasteiger partial charge in [-0.15, -0.1) is 0 Å². The smallest absolute Gasteiger partial charge is 0.0361 e. The molecule has 1 atom stereocenters. The van der Waals surface area contributed by atoms with E-state index in [1.165, 1.54) is 43.4 Å². The number of anilines is 1. The largest absolute Gasteiger partial charge is 0.378 e. The maximum absolute atomic E-state index is 3.73. The summed E-state index contributed by atoms with van der Waals surface area (Å²) >= 11 is 0. The van der Waals surface area contributed by atoms with Crippen molar-refractivity contribution in [2.75, 3.05) is 25.5 Å². The zero-order valence-electron chi connectivity index (χ0n) is 13.8. The predicted octanol–water partition coefficient (Wildman–Crippen LogP) is 4.24. The van der Waals surface area contributed by atoms with Gasteiger partial charge in [-0.3, -0.25) is 0 Å². The van der Waals surface area contributed by atoms with E-state index in [1.54, 1.807) is 0 Å². The Balaban J connectivity index is 2.53. The van der Waals surface area contributed by atoms with Gasteiger partial charge in [-0.2, -0.15) is 0 Å². The summed E-state index contributed by atoms with van der Waals surface area (Å²) in [5.74, 6) is 0. The van der Waals surface area contributed by atoms with Gasteiger partial charge in [-0.05, 0) is 43.5 Å². The van der Waals surface area contributed by atoms with E-state index < -0.39 is 0 Å². The van der Waals surface area contributed by atoms with E-state index in [9.17, 15) is 0 Å². The molecule has 0 saturated carbocycles. The van der Waals surface area contributed by atoms with Crippen LogP contribution in [0.1, 0.15) is 51.5 Å². The Bertz CT molecular complexity index is 343. The van der Waals surface area contributed by atoms with Crippen LogP contribution in [0, 0.1) is 0 Å². The van der Waals surface area contributed by atoms with E-state index >= 15 is 0 Å². The Morgan fingerprint density at radius 3 is 2.20 bits per heavy atom. The molecule has 0 amide bonds. The first-order valence-electron chi connectivity index (χ1n) is 8.17. The molecule has 0 aliphatic carbocycles. The van der Waals surface area contributed by atoms with Crippen LogP contribution in [0.4, 0.5) is 5.69 Å². The number of hydrogen-bond donors (Lipinski definition) is 1. The topological polar surface area (TPSA) is 15.3 Å². The standard InChI is InChI=1S/C18H32N2/c1-5-7-9-17(19-14-8-6-2)15-16-10-12-18(13-11-16)20(3)4/h10-13,17,19H,5-9,14-15H2,1-4H3. The van der Waals surface area contributed by atoms with Gasteiger partial charge in [-0.25, -0.2) is 0 Å². The molecule has 0 fully saturated rings. The van der Waals surface area contributed by atoms with Crippen molar-refractivity contribution in [3.63, 3.8) is 0 Å². The Morgan fingerprint density at radius 1 is 1.00 bits per heavy atom. The van der Waals surface area contributed by atoms with Crippen LogP contribution in [0.5, 0.6) is 0 Å². The SMILES string of the molecule is CCCCNC(CCCC)Cc1ccc(N(C)C)cc1. The highest BCUT2D eigenvalue weighted by Gasteiger charge is 2.08. The fourth-order valence-electron chi connectivity index (χ4n) is 2.42. The van der Waals surface area contributed by atoms with Gasteiger partial charge in [0.25, 0.3) is 0 Å². The minimum Gasteiger partial charge on any atom is -0.378 e. The fourth-order valence-corrected chi connectivity index (χ4v) is 2.42. The van der Waals surface area contributed by atoms with E-state index in [0.29, 0.717) is 6.04 Å². The third kappa shape index (κ3) is 6.42. The molecule has 0 aliphatic rings. The van der Waals surface area contributed by atoms with E-state index in [0.717, 1.165) is 13.0 Å². The van der Waals surface area contributed by atoms with Crippen molar-refractivity contribution in [1.82, 2.24) is 5.32 Å². The number of rotatable bonds is 10. The molecule has 1 aromatic carbocycles. The predicted molar refractivity (Wildman–Crippen MR) is 90.7 cm³/mol. The molecule has 114 valence electrons. The zero-order valence-corrected chi connectivity index (χ0v) is 13.8. The van der Waals surface area contributed by atoms with Crippen LogP contribution >= 0.6 is 0 Å². The first kappa shape index (κ1) is 17.0. The maximum Gasteiger partial charge on any atom is 0.0361 e. The van der Waals surface area contributed by atoms with Crippen molar-refractivity contribution in [1.29, 1.82) is 0 Å². The highest BCUT2D eigenvalue weighted by atomic mass is 15.1. The van der Waals surface area contributed by atoms with Crippen LogP contribution in [0.2, 0.25) is 0 Å². The van der Waals surface area contributed by atoms with E-state index in [4.69, 9.17) is 0 Å². The third-order valence-electron chi connectivity index (χ3n) is 3.80. The molecule has 2 heteroatoms. The lowest BCUT2D eigenvalue weighted by atomic mass is 10.0. The van der Waals surface area contributed by atoms with E-state index in [2.05, 4.69) is 62.4 Å². The molecular weight excluding hydrogens is 244 g/mol. The Hall–Kier alpha value is -1.02. The van der Waals surface area contributed by atoms with Crippen LogP contribution in [-0.2, 0) is 6.42 Å². The van der Waals surface area contributed by atoms with Gasteiger partial charge in [0.15, 0.2) is 0 Å². The molecule has 0 heterocycles. The molecule has 0 aliphatic heterocycles. The van der Waals surface area contributed by atoms with Gasteiger partial charge in [0.1, 0.15) is 0 Å². The second-order valence-corrected chi connectivity index (χ2v) is 5.91. The van der Waals surface area contributed by atoms with Gasteiger partial charge in [0, 0.05) is 25.8 Å². The van der Waals surface area contributed by atoms with Crippen LogP contribution < -0.4 is 10.2 Å². The lowest BCUT2D eigenvalue weighted by molar-refractivity contribution is 0.456. The van der Waals surface area contributed by atoms with Gasteiger partial charge in [-0.1, -0.05) is 45.2 Å². The highest BCUT2D eigenvalue weighted by Crippen LogP contribution is 2.15. The second kappa shape index (κ2) is 9.82. The summed E-state index contributed by atoms with van der Waals surface area (Å²) < 4.78 is 0. The highest BCUT2D eigenvalue weighted by molar-refractivity contribution is 5.46. The molecule has 0 bridgehead atoms. The van der Waals surface area contributed by atoms with Crippen molar-refractivity contribution in [2.45, 2.75) is 58.4 Å². The molecule has 0 spiro atoms. The number of unbranched alkanes of at least 4 members (excludes halogenated alkanes) is 2. The van der Waals surface area contributed by atoms with E-state index in [1.807, 2.05) is 0 Å². The van der Waals surface area contributed by atoms with Crippen molar-refractivity contribution in [3.05, 3.63) is 29.8 Å². The van der Waals surface area contributed by atoms with E-state index in [-0.39, 0.29) is 0 Å². The van der Waals surface area contributed by atoms with Crippen LogP contribution in [0.15, 0.2) is 24.3 Å². The molecule has 0 aromatic heterocycles. The summed E-state index contributed by atoms with van der Waals surface area (Å²) in [6.45, 7) is 5.68. The Morgan fingerprint density at radius 2 is 1.65 bits per heavy atom. The van der Waals surface area contributed by atoms with Gasteiger partial charge >= 0.3 is 0 Å². The number of nitrogens with one attached hydrogen (secondary N) is 1. The first-order valence-corrected chi connectivity index (χ1v) is 8.17. The summed E-state index contributed by atoms with van der Waals surface area (Å²) in [7, 11) is 4.18. The van der Waals surface area contributed by atoms with Crippen LogP contribution in [0.3, 0.4) is 0 Å².